The summed E-state index contributed by atoms with van der Waals surface area (Å²) in [6.45, 7) is 3.79. The van der Waals surface area contributed by atoms with E-state index in [0.717, 1.165) is 19.7 Å². The van der Waals surface area contributed by atoms with Crippen LogP contribution in [0.2, 0.25) is 0 Å². The van der Waals surface area contributed by atoms with Gasteiger partial charge in [-0.25, -0.2) is 0 Å². The van der Waals surface area contributed by atoms with E-state index in [-0.39, 0.29) is 24.0 Å². The minimum atomic E-state index is 0. The minimum Gasteiger partial charge on any atom is -0.383 e. The van der Waals surface area contributed by atoms with E-state index in [2.05, 4.69) is 15.2 Å². The summed E-state index contributed by atoms with van der Waals surface area (Å²) in [7, 11) is 1.76. The smallest absolute Gasteiger partial charge is 0.188 e. The molecule has 1 atom stereocenters. The molecule has 0 amide bonds. The number of aliphatic imine (C=N–C) groups is 1. The lowest BCUT2D eigenvalue weighted by Crippen LogP contribution is -2.42. The van der Waals surface area contributed by atoms with E-state index in [1.54, 1.807) is 7.11 Å². The van der Waals surface area contributed by atoms with Crippen LogP contribution in [0.4, 0.5) is 0 Å². The van der Waals surface area contributed by atoms with E-state index < -0.39 is 0 Å². The Morgan fingerprint density at radius 1 is 1.24 bits per heavy atom. The Bertz CT molecular complexity index is 308. The summed E-state index contributed by atoms with van der Waals surface area (Å²) in [5.74, 6) is 0.635. The lowest BCUT2D eigenvalue weighted by molar-refractivity contribution is 0.143. The Balaban J connectivity index is 0.00000220. The fraction of sp³-hybridized carbons (Fsp3) is 0.933. The fourth-order valence-corrected chi connectivity index (χ4v) is 3.31. The first-order valence-electron chi connectivity index (χ1n) is 8.09. The first kappa shape index (κ1) is 19.0. The van der Waals surface area contributed by atoms with E-state index in [0.29, 0.717) is 18.0 Å². The normalized spacial score (nSPS) is 24.8. The van der Waals surface area contributed by atoms with Crippen LogP contribution in [0.15, 0.2) is 4.99 Å². The van der Waals surface area contributed by atoms with Gasteiger partial charge in [0.15, 0.2) is 5.96 Å². The predicted octanol–water partition coefficient (Wildman–Crippen LogP) is 1.95. The van der Waals surface area contributed by atoms with E-state index in [9.17, 15) is 0 Å². The van der Waals surface area contributed by atoms with E-state index in [1.165, 1.54) is 51.5 Å². The highest BCUT2D eigenvalue weighted by atomic mass is 127. The molecule has 0 aromatic carbocycles. The van der Waals surface area contributed by atoms with Crippen molar-refractivity contribution in [3.05, 3.63) is 0 Å². The average molecular weight is 410 g/mol. The van der Waals surface area contributed by atoms with Gasteiger partial charge in [0.1, 0.15) is 0 Å². The largest absolute Gasteiger partial charge is 0.383 e. The highest BCUT2D eigenvalue weighted by molar-refractivity contribution is 14.0. The van der Waals surface area contributed by atoms with Crippen LogP contribution in [0.1, 0.15) is 44.9 Å². The standard InChI is InChI=1S/C15H30N4O.HI/c1-20-11-10-19-9-5-8-14(19)12-17-15(16)18-13-6-3-2-4-7-13;/h13-14H,2-12H2,1H3,(H3,16,17,18);1H. The van der Waals surface area contributed by atoms with Gasteiger partial charge in [-0.2, -0.15) is 0 Å². The molecule has 0 bridgehead atoms. The molecule has 124 valence electrons. The van der Waals surface area contributed by atoms with Crippen molar-refractivity contribution in [2.24, 2.45) is 10.7 Å². The van der Waals surface area contributed by atoms with Gasteiger partial charge < -0.3 is 15.8 Å². The molecule has 21 heavy (non-hydrogen) atoms. The van der Waals surface area contributed by atoms with Crippen LogP contribution < -0.4 is 11.1 Å². The maximum Gasteiger partial charge on any atom is 0.188 e. The Morgan fingerprint density at radius 2 is 2.00 bits per heavy atom. The van der Waals surface area contributed by atoms with Crippen LogP contribution in [0.25, 0.3) is 0 Å². The number of nitrogens with one attached hydrogen (secondary N) is 1. The Labute approximate surface area is 146 Å². The van der Waals surface area contributed by atoms with Crippen LogP contribution >= 0.6 is 24.0 Å². The van der Waals surface area contributed by atoms with Crippen molar-refractivity contribution in [2.75, 3.05) is 33.4 Å². The van der Waals surface area contributed by atoms with Crippen LogP contribution in [-0.2, 0) is 4.74 Å². The van der Waals surface area contributed by atoms with Crippen molar-refractivity contribution in [1.82, 2.24) is 10.2 Å². The number of guanidine groups is 1. The number of nitrogens with zero attached hydrogens (tertiary/aromatic N) is 2. The topological polar surface area (TPSA) is 62.9 Å². The summed E-state index contributed by atoms with van der Waals surface area (Å²) in [5.41, 5.74) is 6.02. The molecule has 1 aliphatic heterocycles. The van der Waals surface area contributed by atoms with Gasteiger partial charge in [-0.1, -0.05) is 19.3 Å². The molecule has 5 nitrogen and oxygen atoms in total. The second-order valence-electron chi connectivity index (χ2n) is 6.03. The lowest BCUT2D eigenvalue weighted by Gasteiger charge is -2.24. The van der Waals surface area contributed by atoms with Crippen molar-refractivity contribution >= 4 is 29.9 Å². The number of rotatable bonds is 6. The average Bonchev–Trinajstić information content (AvgIpc) is 2.91. The monoisotopic (exact) mass is 410 g/mol. The number of nitrogens with two attached hydrogens (primary N) is 1. The number of hydrogen-bond donors (Lipinski definition) is 2. The molecule has 0 radical (unpaired) electrons. The molecule has 6 heteroatoms. The third-order valence-electron chi connectivity index (χ3n) is 4.51. The number of methoxy groups -OCH3 is 1. The van der Waals surface area contributed by atoms with Crippen molar-refractivity contribution in [3.8, 4) is 0 Å². The van der Waals surface area contributed by atoms with Crippen molar-refractivity contribution in [3.63, 3.8) is 0 Å². The van der Waals surface area contributed by atoms with Gasteiger partial charge in [-0.05, 0) is 32.2 Å². The Morgan fingerprint density at radius 3 is 2.71 bits per heavy atom. The summed E-state index contributed by atoms with van der Waals surface area (Å²) in [6.07, 6.45) is 8.96. The van der Waals surface area contributed by atoms with Crippen molar-refractivity contribution in [2.45, 2.75) is 57.0 Å². The molecular formula is C15H31IN4O. The number of halogens is 1. The van der Waals surface area contributed by atoms with Gasteiger partial charge in [-0.15, -0.1) is 24.0 Å². The molecule has 0 aromatic rings. The summed E-state index contributed by atoms with van der Waals surface area (Å²) >= 11 is 0. The molecule has 3 N–H and O–H groups in total. The minimum absolute atomic E-state index is 0. The first-order valence-corrected chi connectivity index (χ1v) is 8.09. The molecule has 2 aliphatic rings. The second kappa shape index (κ2) is 10.6. The highest BCUT2D eigenvalue weighted by Gasteiger charge is 2.23. The van der Waals surface area contributed by atoms with Crippen LogP contribution in [0, 0.1) is 0 Å². The zero-order valence-corrected chi connectivity index (χ0v) is 15.6. The number of hydrogen-bond acceptors (Lipinski definition) is 3. The zero-order chi connectivity index (χ0) is 14.2. The summed E-state index contributed by atoms with van der Waals surface area (Å²) in [6, 6.07) is 1.08. The van der Waals surface area contributed by atoms with E-state index in [1.807, 2.05) is 0 Å². The van der Waals surface area contributed by atoms with Gasteiger partial charge in [-0.3, -0.25) is 9.89 Å². The van der Waals surface area contributed by atoms with Gasteiger partial charge >= 0.3 is 0 Å². The van der Waals surface area contributed by atoms with Gasteiger partial charge in [0.2, 0.25) is 0 Å². The summed E-state index contributed by atoms with van der Waals surface area (Å²) in [5, 5.41) is 3.39. The molecule has 1 aliphatic carbocycles. The molecule has 2 rings (SSSR count). The van der Waals surface area contributed by atoms with Crippen molar-refractivity contribution < 1.29 is 4.74 Å². The molecule has 1 unspecified atom stereocenters. The molecule has 1 saturated carbocycles. The lowest BCUT2D eigenvalue weighted by atomic mass is 9.96. The first-order chi connectivity index (χ1) is 9.79. The maximum atomic E-state index is 6.02. The van der Waals surface area contributed by atoms with E-state index >= 15 is 0 Å². The fourth-order valence-electron chi connectivity index (χ4n) is 3.31. The summed E-state index contributed by atoms with van der Waals surface area (Å²) < 4.78 is 5.16. The number of likely N-dealkylation sites (tertiary alicyclic amines) is 1. The quantitative estimate of drug-likeness (QED) is 0.399. The van der Waals surface area contributed by atoms with Crippen LogP contribution in [0.5, 0.6) is 0 Å². The second-order valence-corrected chi connectivity index (χ2v) is 6.03. The third-order valence-corrected chi connectivity index (χ3v) is 4.51. The van der Waals surface area contributed by atoms with Gasteiger partial charge in [0.25, 0.3) is 0 Å². The van der Waals surface area contributed by atoms with Crippen LogP contribution in [-0.4, -0.2) is 56.3 Å². The number of ether oxygens (including phenoxy) is 1. The molecule has 1 heterocycles. The zero-order valence-electron chi connectivity index (χ0n) is 13.2. The molecule has 2 fully saturated rings. The summed E-state index contributed by atoms with van der Waals surface area (Å²) in [4.78, 5) is 7.03. The van der Waals surface area contributed by atoms with Crippen molar-refractivity contribution in [1.29, 1.82) is 0 Å². The third kappa shape index (κ3) is 6.69. The van der Waals surface area contributed by atoms with Gasteiger partial charge in [0, 0.05) is 25.7 Å². The molecule has 1 saturated heterocycles. The van der Waals surface area contributed by atoms with Gasteiger partial charge in [0.05, 0.1) is 13.2 Å². The molecule has 0 spiro atoms. The van der Waals surface area contributed by atoms with E-state index in [4.69, 9.17) is 10.5 Å². The Hall–Kier alpha value is -0.0800. The molecule has 0 aromatic heterocycles. The Kier molecular flexibility index (Phi) is 9.59. The predicted molar refractivity (Wildman–Crippen MR) is 98.4 cm³/mol. The SMILES string of the molecule is COCCN1CCCC1CN=C(N)NC1CCCCC1.I. The van der Waals surface area contributed by atoms with Crippen LogP contribution in [0.3, 0.4) is 0 Å². The highest BCUT2D eigenvalue weighted by Crippen LogP contribution is 2.18. The maximum absolute atomic E-state index is 6.02. The molecular weight excluding hydrogens is 379 g/mol.